The lowest BCUT2D eigenvalue weighted by molar-refractivity contribution is -0.0987. The predicted octanol–water partition coefficient (Wildman–Crippen LogP) is 4.24. The molecule has 0 aromatic heterocycles. The Bertz CT molecular complexity index is 456. The van der Waals surface area contributed by atoms with Gasteiger partial charge in [0.25, 0.3) is 0 Å². The molecule has 1 aromatic rings. The topological polar surface area (TPSA) is 35.2 Å². The highest BCUT2D eigenvalue weighted by atomic mass is 16.5. The number of hydrogen-bond acceptors (Lipinski definition) is 2. The molecule has 0 bridgehead atoms. The molecule has 0 amide bonds. The minimum atomic E-state index is -0.132. The maximum absolute atomic E-state index is 6.63. The third-order valence-electron chi connectivity index (χ3n) is 5.26. The van der Waals surface area contributed by atoms with E-state index in [1.54, 1.807) is 0 Å². The molecule has 0 radical (unpaired) electrons. The van der Waals surface area contributed by atoms with Gasteiger partial charge in [-0.15, -0.1) is 0 Å². The number of rotatable bonds is 5. The summed E-state index contributed by atoms with van der Waals surface area (Å²) in [7, 11) is 0. The molecule has 0 heterocycles. The minimum Gasteiger partial charge on any atom is -0.374 e. The molecule has 1 atom stereocenters. The lowest BCUT2D eigenvalue weighted by Gasteiger charge is -2.46. The molecular weight excluding hydrogens is 258 g/mol. The first-order chi connectivity index (χ1) is 9.88. The number of nitrogens with two attached hydrogens (primary N) is 1. The van der Waals surface area contributed by atoms with Crippen molar-refractivity contribution in [3.8, 4) is 0 Å². The van der Waals surface area contributed by atoms with E-state index in [-0.39, 0.29) is 11.6 Å². The summed E-state index contributed by atoms with van der Waals surface area (Å²) < 4.78 is 6.21. The highest BCUT2D eigenvalue weighted by Crippen LogP contribution is 2.43. The molecule has 0 spiro atoms. The van der Waals surface area contributed by atoms with Crippen LogP contribution < -0.4 is 5.73 Å². The first-order valence-electron chi connectivity index (χ1n) is 8.33. The van der Waals surface area contributed by atoms with E-state index >= 15 is 0 Å². The Morgan fingerprint density at radius 1 is 1.14 bits per heavy atom. The van der Waals surface area contributed by atoms with Gasteiger partial charge in [0.05, 0.1) is 5.60 Å². The molecular formula is C19H31NO. The van der Waals surface area contributed by atoms with Gasteiger partial charge in [0.1, 0.15) is 0 Å². The van der Waals surface area contributed by atoms with Crippen LogP contribution in [0, 0.1) is 12.3 Å². The number of aryl methyl sites for hydroxylation is 1. The molecule has 2 rings (SSSR count). The number of hydrogen-bond donors (Lipinski definition) is 1. The molecule has 1 unspecified atom stereocenters. The average Bonchev–Trinajstić information content (AvgIpc) is 2.44. The van der Waals surface area contributed by atoms with Crippen LogP contribution in [0.4, 0.5) is 0 Å². The Balaban J connectivity index is 2.13. The van der Waals surface area contributed by atoms with E-state index in [0.29, 0.717) is 5.41 Å². The Morgan fingerprint density at radius 3 is 2.33 bits per heavy atom. The van der Waals surface area contributed by atoms with Crippen LogP contribution in [0.3, 0.4) is 0 Å². The van der Waals surface area contributed by atoms with Gasteiger partial charge in [-0.05, 0) is 62.5 Å². The SMILES string of the molecule is CCOC1(C(N)Cc2ccccc2C)CCC(C)(C)CC1. The van der Waals surface area contributed by atoms with Gasteiger partial charge < -0.3 is 10.5 Å². The molecule has 2 nitrogen and oxygen atoms in total. The second kappa shape index (κ2) is 6.50. The fraction of sp³-hybridized carbons (Fsp3) is 0.684. The molecule has 1 aromatic carbocycles. The molecule has 118 valence electrons. The molecule has 0 saturated heterocycles. The highest BCUT2D eigenvalue weighted by Gasteiger charge is 2.43. The van der Waals surface area contributed by atoms with Crippen molar-refractivity contribution in [3.63, 3.8) is 0 Å². The third-order valence-corrected chi connectivity index (χ3v) is 5.26. The Kier molecular flexibility index (Phi) is 5.11. The van der Waals surface area contributed by atoms with E-state index in [1.165, 1.54) is 24.0 Å². The standard InChI is InChI=1S/C19H31NO/c1-5-21-19(12-10-18(3,4)11-13-19)17(20)14-16-9-7-6-8-15(16)2/h6-9,17H,5,10-14,20H2,1-4H3. The van der Waals surface area contributed by atoms with Crippen molar-refractivity contribution in [2.75, 3.05) is 6.61 Å². The Hall–Kier alpha value is -0.860. The van der Waals surface area contributed by atoms with Crippen molar-refractivity contribution in [2.45, 2.75) is 71.4 Å². The third kappa shape index (κ3) is 3.87. The maximum atomic E-state index is 6.63. The largest absolute Gasteiger partial charge is 0.374 e. The first kappa shape index (κ1) is 16.5. The van der Waals surface area contributed by atoms with Crippen molar-refractivity contribution >= 4 is 0 Å². The van der Waals surface area contributed by atoms with Gasteiger partial charge in [-0.1, -0.05) is 38.1 Å². The van der Waals surface area contributed by atoms with Crippen molar-refractivity contribution in [3.05, 3.63) is 35.4 Å². The van der Waals surface area contributed by atoms with Gasteiger partial charge >= 0.3 is 0 Å². The zero-order valence-corrected chi connectivity index (χ0v) is 14.1. The van der Waals surface area contributed by atoms with Crippen molar-refractivity contribution < 1.29 is 4.74 Å². The van der Waals surface area contributed by atoms with Crippen LogP contribution in [-0.2, 0) is 11.2 Å². The summed E-state index contributed by atoms with van der Waals surface area (Å²) in [6.07, 6.45) is 5.48. The van der Waals surface area contributed by atoms with E-state index in [2.05, 4.69) is 52.0 Å². The fourth-order valence-electron chi connectivity index (χ4n) is 3.52. The van der Waals surface area contributed by atoms with Crippen LogP contribution in [0.15, 0.2) is 24.3 Å². The molecule has 2 heteroatoms. The lowest BCUT2D eigenvalue weighted by atomic mass is 9.67. The van der Waals surface area contributed by atoms with Gasteiger partial charge in [-0.3, -0.25) is 0 Å². The van der Waals surface area contributed by atoms with Crippen molar-refractivity contribution in [2.24, 2.45) is 11.1 Å². The lowest BCUT2D eigenvalue weighted by Crippen LogP contribution is -2.54. The van der Waals surface area contributed by atoms with Crippen molar-refractivity contribution in [1.29, 1.82) is 0 Å². The molecule has 1 aliphatic carbocycles. The van der Waals surface area contributed by atoms with Crippen LogP contribution in [0.5, 0.6) is 0 Å². The number of benzene rings is 1. The second-order valence-electron chi connectivity index (χ2n) is 7.40. The second-order valence-corrected chi connectivity index (χ2v) is 7.40. The van der Waals surface area contributed by atoms with Gasteiger partial charge in [0.2, 0.25) is 0 Å². The van der Waals surface area contributed by atoms with E-state index in [0.717, 1.165) is 25.9 Å². The van der Waals surface area contributed by atoms with E-state index in [1.807, 2.05) is 0 Å². The average molecular weight is 289 g/mol. The summed E-state index contributed by atoms with van der Waals surface area (Å²) in [5.74, 6) is 0. The number of ether oxygens (including phenoxy) is 1. The molecule has 0 aliphatic heterocycles. The van der Waals surface area contributed by atoms with Crippen LogP contribution in [-0.4, -0.2) is 18.2 Å². The summed E-state index contributed by atoms with van der Waals surface area (Å²) in [5.41, 5.74) is 9.62. The summed E-state index contributed by atoms with van der Waals surface area (Å²) >= 11 is 0. The van der Waals surface area contributed by atoms with E-state index < -0.39 is 0 Å². The van der Waals surface area contributed by atoms with Crippen LogP contribution in [0.2, 0.25) is 0 Å². The highest BCUT2D eigenvalue weighted by molar-refractivity contribution is 5.27. The Morgan fingerprint density at radius 2 is 1.76 bits per heavy atom. The zero-order chi connectivity index (χ0) is 15.5. The molecule has 1 aliphatic rings. The van der Waals surface area contributed by atoms with Crippen LogP contribution in [0.25, 0.3) is 0 Å². The Labute approximate surface area is 130 Å². The normalized spacial score (nSPS) is 22.0. The summed E-state index contributed by atoms with van der Waals surface area (Å²) in [4.78, 5) is 0. The van der Waals surface area contributed by atoms with Crippen molar-refractivity contribution in [1.82, 2.24) is 0 Å². The van der Waals surface area contributed by atoms with Gasteiger partial charge in [0, 0.05) is 12.6 Å². The van der Waals surface area contributed by atoms with E-state index in [9.17, 15) is 0 Å². The first-order valence-corrected chi connectivity index (χ1v) is 8.33. The monoisotopic (exact) mass is 289 g/mol. The summed E-state index contributed by atoms with van der Waals surface area (Å²) in [5, 5.41) is 0. The molecule has 1 fully saturated rings. The fourth-order valence-corrected chi connectivity index (χ4v) is 3.52. The molecule has 21 heavy (non-hydrogen) atoms. The van der Waals surface area contributed by atoms with Crippen LogP contribution in [0.1, 0.15) is 57.6 Å². The zero-order valence-electron chi connectivity index (χ0n) is 14.1. The van der Waals surface area contributed by atoms with Gasteiger partial charge in [-0.2, -0.15) is 0 Å². The molecule has 2 N–H and O–H groups in total. The predicted molar refractivity (Wildman–Crippen MR) is 89.5 cm³/mol. The maximum Gasteiger partial charge on any atom is 0.0836 e. The van der Waals surface area contributed by atoms with Crippen LogP contribution >= 0.6 is 0 Å². The summed E-state index contributed by atoms with van der Waals surface area (Å²) in [6.45, 7) is 9.72. The van der Waals surface area contributed by atoms with Gasteiger partial charge in [-0.25, -0.2) is 0 Å². The smallest absolute Gasteiger partial charge is 0.0836 e. The quantitative estimate of drug-likeness (QED) is 0.880. The molecule has 1 saturated carbocycles. The minimum absolute atomic E-state index is 0.0784. The van der Waals surface area contributed by atoms with E-state index in [4.69, 9.17) is 10.5 Å². The summed E-state index contributed by atoms with van der Waals surface area (Å²) in [6, 6.07) is 8.63. The van der Waals surface area contributed by atoms with Gasteiger partial charge in [0.15, 0.2) is 0 Å².